The van der Waals surface area contributed by atoms with Gasteiger partial charge in [0.15, 0.2) is 0 Å². The normalized spacial score (nSPS) is 11.9. The molecule has 3 rings (SSSR count). The summed E-state index contributed by atoms with van der Waals surface area (Å²) in [6.45, 7) is 3.64. The lowest BCUT2D eigenvalue weighted by atomic mass is 10.0. The Bertz CT molecular complexity index is 991. The predicted molar refractivity (Wildman–Crippen MR) is 107 cm³/mol. The van der Waals surface area contributed by atoms with Crippen molar-refractivity contribution < 1.29 is 14.1 Å². The van der Waals surface area contributed by atoms with Gasteiger partial charge in [-0.25, -0.2) is 0 Å². The number of nitrogens with one attached hydrogen (secondary N) is 2. The van der Waals surface area contributed by atoms with Crippen molar-refractivity contribution >= 4 is 23.4 Å². The lowest BCUT2D eigenvalue weighted by molar-refractivity contribution is -0.121. The van der Waals surface area contributed by atoms with Crippen molar-refractivity contribution in [3.05, 3.63) is 65.3 Å². The number of benzene rings is 1. The Morgan fingerprint density at radius 1 is 1.21 bits per heavy atom. The van der Waals surface area contributed by atoms with Gasteiger partial charge in [0.25, 0.3) is 5.91 Å². The van der Waals surface area contributed by atoms with E-state index in [4.69, 9.17) is 16.1 Å². The molecular weight excluding hydrogens is 394 g/mol. The van der Waals surface area contributed by atoms with E-state index < -0.39 is 6.04 Å². The molecule has 0 spiro atoms. The molecule has 1 aromatic carbocycles. The zero-order valence-electron chi connectivity index (χ0n) is 15.9. The number of hydrogen-bond acceptors (Lipinski definition) is 6. The smallest absolute Gasteiger partial charge is 0.251 e. The second kappa shape index (κ2) is 9.29. The SMILES string of the molecule is CC(C)C(NC(=O)CNC(=O)c1cccc(Cl)c1)c1nc(-c2cccnc2)no1. The van der Waals surface area contributed by atoms with Crippen LogP contribution >= 0.6 is 11.6 Å². The molecule has 0 saturated carbocycles. The second-order valence-electron chi connectivity index (χ2n) is 6.68. The Kier molecular flexibility index (Phi) is 6.56. The maximum Gasteiger partial charge on any atom is 0.251 e. The quantitative estimate of drug-likeness (QED) is 0.616. The summed E-state index contributed by atoms with van der Waals surface area (Å²) in [7, 11) is 0. The summed E-state index contributed by atoms with van der Waals surface area (Å²) < 4.78 is 5.35. The molecule has 0 aliphatic carbocycles. The number of pyridine rings is 1. The third-order valence-electron chi connectivity index (χ3n) is 4.11. The molecule has 0 aliphatic heterocycles. The van der Waals surface area contributed by atoms with Crippen LogP contribution in [0, 0.1) is 5.92 Å². The lowest BCUT2D eigenvalue weighted by Gasteiger charge is -2.18. The van der Waals surface area contributed by atoms with Gasteiger partial charge in [0, 0.05) is 28.5 Å². The molecule has 9 heteroatoms. The molecule has 0 radical (unpaired) electrons. The summed E-state index contributed by atoms with van der Waals surface area (Å²) >= 11 is 5.88. The van der Waals surface area contributed by atoms with Crippen LogP contribution < -0.4 is 10.6 Å². The molecular formula is C20H20ClN5O3. The molecule has 8 nitrogen and oxygen atoms in total. The molecule has 3 aromatic rings. The summed E-state index contributed by atoms with van der Waals surface area (Å²) in [5.41, 5.74) is 1.09. The van der Waals surface area contributed by atoms with Crippen molar-refractivity contribution in [3.63, 3.8) is 0 Å². The fourth-order valence-corrected chi connectivity index (χ4v) is 2.79. The molecule has 1 unspecified atom stereocenters. The van der Waals surface area contributed by atoms with Crippen LogP contribution in [0.5, 0.6) is 0 Å². The van der Waals surface area contributed by atoms with Crippen LogP contribution in [0.25, 0.3) is 11.4 Å². The van der Waals surface area contributed by atoms with Gasteiger partial charge in [-0.1, -0.05) is 36.7 Å². The molecule has 1 atom stereocenters. The first-order chi connectivity index (χ1) is 13.9. The van der Waals surface area contributed by atoms with E-state index in [1.54, 1.807) is 36.7 Å². The minimum Gasteiger partial charge on any atom is -0.343 e. The highest BCUT2D eigenvalue weighted by atomic mass is 35.5. The highest BCUT2D eigenvalue weighted by molar-refractivity contribution is 6.30. The number of amides is 2. The van der Waals surface area contributed by atoms with Crippen LogP contribution in [0.4, 0.5) is 0 Å². The number of halogens is 1. The van der Waals surface area contributed by atoms with E-state index in [1.165, 1.54) is 6.07 Å². The van der Waals surface area contributed by atoms with Crippen LogP contribution in [-0.2, 0) is 4.79 Å². The number of rotatable bonds is 7. The standard InChI is InChI=1S/C20H20ClN5O3/c1-12(2)17(20-25-18(26-29-20)14-6-4-8-22-10-14)24-16(27)11-23-19(28)13-5-3-7-15(21)9-13/h3-10,12,17H,11H2,1-2H3,(H,23,28)(H,24,27). The van der Waals surface area contributed by atoms with Crippen LogP contribution in [0.3, 0.4) is 0 Å². The largest absolute Gasteiger partial charge is 0.343 e. The van der Waals surface area contributed by atoms with Crippen LogP contribution in [0.2, 0.25) is 5.02 Å². The van der Waals surface area contributed by atoms with Crippen LogP contribution in [0.1, 0.15) is 36.1 Å². The minimum atomic E-state index is -0.497. The van der Waals surface area contributed by atoms with E-state index in [9.17, 15) is 9.59 Å². The average Bonchev–Trinajstić information content (AvgIpc) is 3.20. The van der Waals surface area contributed by atoms with Gasteiger partial charge in [-0.3, -0.25) is 14.6 Å². The second-order valence-corrected chi connectivity index (χ2v) is 7.12. The maximum absolute atomic E-state index is 12.4. The molecule has 0 saturated heterocycles. The van der Waals surface area contributed by atoms with Gasteiger partial charge in [0.05, 0.1) is 6.54 Å². The first kappa shape index (κ1) is 20.5. The van der Waals surface area contributed by atoms with Gasteiger partial charge in [-0.2, -0.15) is 4.98 Å². The molecule has 29 heavy (non-hydrogen) atoms. The third-order valence-corrected chi connectivity index (χ3v) is 4.34. The zero-order chi connectivity index (χ0) is 20.8. The van der Waals surface area contributed by atoms with Crippen molar-refractivity contribution in [2.24, 2.45) is 5.92 Å². The maximum atomic E-state index is 12.4. The average molecular weight is 414 g/mol. The summed E-state index contributed by atoms with van der Waals surface area (Å²) in [6.07, 6.45) is 3.28. The number of carbonyl (C=O) groups excluding carboxylic acids is 2. The van der Waals surface area contributed by atoms with Gasteiger partial charge >= 0.3 is 0 Å². The number of nitrogens with zero attached hydrogens (tertiary/aromatic N) is 3. The molecule has 2 heterocycles. The highest BCUT2D eigenvalue weighted by Crippen LogP contribution is 2.23. The van der Waals surface area contributed by atoms with Crippen molar-refractivity contribution in [2.45, 2.75) is 19.9 Å². The molecule has 150 valence electrons. The molecule has 2 aromatic heterocycles. The monoisotopic (exact) mass is 413 g/mol. The van der Waals surface area contributed by atoms with Crippen molar-refractivity contribution in [2.75, 3.05) is 6.54 Å². The van der Waals surface area contributed by atoms with E-state index in [0.717, 1.165) is 0 Å². The number of hydrogen-bond donors (Lipinski definition) is 2. The Hall–Kier alpha value is -3.26. The summed E-state index contributed by atoms with van der Waals surface area (Å²) in [5, 5.41) is 9.80. The molecule has 2 N–H and O–H groups in total. The molecule has 2 amide bonds. The Morgan fingerprint density at radius 3 is 2.72 bits per heavy atom. The minimum absolute atomic E-state index is 0.00946. The summed E-state index contributed by atoms with van der Waals surface area (Å²) in [5.74, 6) is -0.0963. The summed E-state index contributed by atoms with van der Waals surface area (Å²) in [6, 6.07) is 9.58. The Balaban J connectivity index is 1.62. The van der Waals surface area contributed by atoms with Crippen molar-refractivity contribution in [3.8, 4) is 11.4 Å². The van der Waals surface area contributed by atoms with Gasteiger partial charge in [-0.15, -0.1) is 0 Å². The lowest BCUT2D eigenvalue weighted by Crippen LogP contribution is -2.40. The fourth-order valence-electron chi connectivity index (χ4n) is 2.60. The zero-order valence-corrected chi connectivity index (χ0v) is 16.7. The van der Waals surface area contributed by atoms with Crippen molar-refractivity contribution in [1.29, 1.82) is 0 Å². The van der Waals surface area contributed by atoms with E-state index in [1.807, 2.05) is 19.9 Å². The third kappa shape index (κ3) is 5.39. The number of aromatic nitrogens is 3. The molecule has 0 aliphatic rings. The Morgan fingerprint density at radius 2 is 2.03 bits per heavy atom. The fraction of sp³-hybridized carbons (Fsp3) is 0.250. The van der Waals surface area contributed by atoms with Crippen LogP contribution in [-0.4, -0.2) is 33.5 Å². The first-order valence-electron chi connectivity index (χ1n) is 9.01. The molecule has 0 fully saturated rings. The van der Waals surface area contributed by atoms with Gasteiger partial charge < -0.3 is 15.2 Å². The highest BCUT2D eigenvalue weighted by Gasteiger charge is 2.25. The number of carbonyl (C=O) groups is 2. The van der Waals surface area contributed by atoms with Gasteiger partial charge in [0.2, 0.25) is 17.6 Å². The van der Waals surface area contributed by atoms with E-state index in [0.29, 0.717) is 22.0 Å². The van der Waals surface area contributed by atoms with Gasteiger partial charge in [0.1, 0.15) is 6.04 Å². The predicted octanol–water partition coefficient (Wildman–Crippen LogP) is 3.03. The first-order valence-corrected chi connectivity index (χ1v) is 9.39. The topological polar surface area (TPSA) is 110 Å². The molecule has 0 bridgehead atoms. The van der Waals surface area contributed by atoms with Crippen LogP contribution in [0.15, 0.2) is 53.3 Å². The van der Waals surface area contributed by atoms with E-state index in [-0.39, 0.29) is 30.2 Å². The van der Waals surface area contributed by atoms with E-state index >= 15 is 0 Å². The Labute approximate surface area is 172 Å². The van der Waals surface area contributed by atoms with Crippen molar-refractivity contribution in [1.82, 2.24) is 25.8 Å². The van der Waals surface area contributed by atoms with Gasteiger partial charge in [-0.05, 0) is 36.2 Å². The summed E-state index contributed by atoms with van der Waals surface area (Å²) in [4.78, 5) is 32.9. The van der Waals surface area contributed by atoms with E-state index in [2.05, 4.69) is 25.8 Å².